The third kappa shape index (κ3) is 4.45. The number of piperidine rings is 1. The fourth-order valence-corrected chi connectivity index (χ4v) is 3.55. The van der Waals surface area contributed by atoms with E-state index in [1.165, 1.54) is 24.8 Å². The number of hydrogen-bond acceptors (Lipinski definition) is 3. The Morgan fingerprint density at radius 1 is 1.35 bits per heavy atom. The standard InChI is InChI=1S/C16H26N4O2S/c1-13-5-4-10-20(12-13)16(17)18-11-14-6-8-15(9-7-14)23(21,22)19(2)3/h6-9,13H,4-5,10-12H2,1-3H3,(H2,17,18). The number of sulfonamides is 1. The molecule has 0 amide bonds. The molecule has 23 heavy (non-hydrogen) atoms. The van der Waals surface area contributed by atoms with Crippen LogP contribution >= 0.6 is 0 Å². The summed E-state index contributed by atoms with van der Waals surface area (Å²) < 4.78 is 25.2. The molecule has 1 aromatic carbocycles. The van der Waals surface area contributed by atoms with Crippen molar-refractivity contribution in [3.8, 4) is 0 Å². The van der Waals surface area contributed by atoms with Crippen molar-refractivity contribution < 1.29 is 8.42 Å². The van der Waals surface area contributed by atoms with Crippen LogP contribution in [0.1, 0.15) is 25.3 Å². The van der Waals surface area contributed by atoms with Crippen molar-refractivity contribution in [2.45, 2.75) is 31.2 Å². The molecule has 7 heteroatoms. The molecule has 1 atom stereocenters. The van der Waals surface area contributed by atoms with Crippen LogP contribution in [0, 0.1) is 5.92 Å². The summed E-state index contributed by atoms with van der Waals surface area (Å²) in [4.78, 5) is 6.85. The second kappa shape index (κ2) is 7.31. The number of aliphatic imine (C=N–C) groups is 1. The van der Waals surface area contributed by atoms with Crippen molar-refractivity contribution in [3.05, 3.63) is 29.8 Å². The summed E-state index contributed by atoms with van der Waals surface area (Å²) in [6.07, 6.45) is 2.39. The molecule has 128 valence electrons. The molecule has 2 rings (SSSR count). The predicted octanol–water partition coefficient (Wildman–Crippen LogP) is 1.48. The van der Waals surface area contributed by atoms with Crippen molar-refractivity contribution in [1.82, 2.24) is 9.21 Å². The van der Waals surface area contributed by atoms with Crippen LogP contribution in [0.15, 0.2) is 34.2 Å². The van der Waals surface area contributed by atoms with E-state index in [2.05, 4.69) is 16.8 Å². The average molecular weight is 338 g/mol. The Morgan fingerprint density at radius 2 is 2.00 bits per heavy atom. The summed E-state index contributed by atoms with van der Waals surface area (Å²) in [5.74, 6) is 1.22. The van der Waals surface area contributed by atoms with Gasteiger partial charge < -0.3 is 10.6 Å². The van der Waals surface area contributed by atoms with Crippen molar-refractivity contribution >= 4 is 16.0 Å². The molecule has 1 fully saturated rings. The van der Waals surface area contributed by atoms with Gasteiger partial charge >= 0.3 is 0 Å². The molecule has 1 saturated heterocycles. The molecule has 0 aliphatic carbocycles. The first-order chi connectivity index (χ1) is 10.8. The van der Waals surface area contributed by atoms with Gasteiger partial charge in [-0.1, -0.05) is 19.1 Å². The highest BCUT2D eigenvalue weighted by Gasteiger charge is 2.18. The van der Waals surface area contributed by atoms with Gasteiger partial charge in [0.25, 0.3) is 0 Å². The lowest BCUT2D eigenvalue weighted by Crippen LogP contribution is -2.43. The van der Waals surface area contributed by atoms with E-state index in [9.17, 15) is 8.42 Å². The second-order valence-corrected chi connectivity index (χ2v) is 8.45. The van der Waals surface area contributed by atoms with Crippen molar-refractivity contribution in [1.29, 1.82) is 0 Å². The van der Waals surface area contributed by atoms with E-state index in [1.807, 2.05) is 0 Å². The summed E-state index contributed by atoms with van der Waals surface area (Å²) in [7, 11) is -0.340. The molecule has 0 spiro atoms. The number of guanidine groups is 1. The maximum atomic E-state index is 12.0. The second-order valence-electron chi connectivity index (χ2n) is 6.30. The molecule has 2 N–H and O–H groups in total. The third-order valence-corrected chi connectivity index (χ3v) is 5.94. The van der Waals surface area contributed by atoms with E-state index in [0.29, 0.717) is 18.4 Å². The van der Waals surface area contributed by atoms with Crippen LogP contribution in [0.5, 0.6) is 0 Å². The van der Waals surface area contributed by atoms with Gasteiger partial charge in [0.2, 0.25) is 10.0 Å². The fourth-order valence-electron chi connectivity index (χ4n) is 2.65. The predicted molar refractivity (Wildman–Crippen MR) is 92.6 cm³/mol. The zero-order chi connectivity index (χ0) is 17.0. The molecular weight excluding hydrogens is 312 g/mol. The highest BCUT2D eigenvalue weighted by Crippen LogP contribution is 2.16. The lowest BCUT2D eigenvalue weighted by Gasteiger charge is -2.31. The van der Waals surface area contributed by atoms with Crippen LogP contribution in [0.2, 0.25) is 0 Å². The van der Waals surface area contributed by atoms with Crippen molar-refractivity contribution in [2.75, 3.05) is 27.2 Å². The maximum Gasteiger partial charge on any atom is 0.242 e. The van der Waals surface area contributed by atoms with Crippen LogP contribution in [-0.2, 0) is 16.6 Å². The summed E-state index contributed by atoms with van der Waals surface area (Å²) in [5.41, 5.74) is 7.01. The minimum absolute atomic E-state index is 0.285. The van der Waals surface area contributed by atoms with Crippen LogP contribution in [-0.4, -0.2) is 50.8 Å². The van der Waals surface area contributed by atoms with Gasteiger partial charge in [-0.25, -0.2) is 17.7 Å². The maximum absolute atomic E-state index is 12.0. The summed E-state index contributed by atoms with van der Waals surface area (Å²) in [6.45, 7) is 4.59. The average Bonchev–Trinajstić information content (AvgIpc) is 2.52. The minimum atomic E-state index is -3.38. The van der Waals surface area contributed by atoms with E-state index in [4.69, 9.17) is 5.73 Å². The van der Waals surface area contributed by atoms with Crippen molar-refractivity contribution in [2.24, 2.45) is 16.6 Å². The highest BCUT2D eigenvalue weighted by molar-refractivity contribution is 7.89. The molecule has 0 bridgehead atoms. The lowest BCUT2D eigenvalue weighted by atomic mass is 10.0. The third-order valence-electron chi connectivity index (χ3n) is 4.11. The Bertz CT molecular complexity index is 653. The molecule has 0 radical (unpaired) electrons. The lowest BCUT2D eigenvalue weighted by molar-refractivity contribution is 0.270. The van der Waals surface area contributed by atoms with Crippen LogP contribution in [0.4, 0.5) is 0 Å². The summed E-state index contributed by atoms with van der Waals surface area (Å²) in [5, 5.41) is 0. The Labute approximate surface area is 139 Å². The normalized spacial score (nSPS) is 20.1. The number of nitrogens with two attached hydrogens (primary N) is 1. The van der Waals surface area contributed by atoms with Crippen LogP contribution < -0.4 is 5.73 Å². The molecule has 0 saturated carbocycles. The molecule has 6 nitrogen and oxygen atoms in total. The monoisotopic (exact) mass is 338 g/mol. The van der Waals surface area contributed by atoms with Gasteiger partial charge in [0.05, 0.1) is 11.4 Å². The van der Waals surface area contributed by atoms with Crippen LogP contribution in [0.3, 0.4) is 0 Å². The number of hydrogen-bond donors (Lipinski definition) is 1. The quantitative estimate of drug-likeness (QED) is 0.666. The van der Waals surface area contributed by atoms with Crippen LogP contribution in [0.25, 0.3) is 0 Å². The first kappa shape index (κ1) is 17.7. The van der Waals surface area contributed by atoms with Gasteiger partial charge in [-0.05, 0) is 36.5 Å². The zero-order valence-corrected chi connectivity index (χ0v) is 14.9. The molecular formula is C16H26N4O2S. The first-order valence-corrected chi connectivity index (χ1v) is 9.31. The molecule has 0 aromatic heterocycles. The smallest absolute Gasteiger partial charge is 0.242 e. The Hall–Kier alpha value is -1.60. The molecule has 1 aliphatic heterocycles. The molecule has 1 unspecified atom stereocenters. The highest BCUT2D eigenvalue weighted by atomic mass is 32.2. The zero-order valence-electron chi connectivity index (χ0n) is 14.1. The SMILES string of the molecule is CC1CCCN(C(N)=NCc2ccc(S(=O)(=O)N(C)C)cc2)C1. The van der Waals surface area contributed by atoms with E-state index in [0.717, 1.165) is 25.1 Å². The van der Waals surface area contributed by atoms with Crippen molar-refractivity contribution in [3.63, 3.8) is 0 Å². The Kier molecular flexibility index (Phi) is 5.64. The first-order valence-electron chi connectivity index (χ1n) is 7.87. The van der Waals surface area contributed by atoms with Gasteiger partial charge in [0, 0.05) is 27.2 Å². The number of nitrogens with zero attached hydrogens (tertiary/aromatic N) is 3. The van der Waals surface area contributed by atoms with Gasteiger partial charge in [0.15, 0.2) is 5.96 Å². The summed E-state index contributed by atoms with van der Waals surface area (Å²) in [6, 6.07) is 6.79. The molecule has 1 aromatic rings. The van der Waals surface area contributed by atoms with E-state index >= 15 is 0 Å². The van der Waals surface area contributed by atoms with Gasteiger partial charge in [-0.15, -0.1) is 0 Å². The van der Waals surface area contributed by atoms with E-state index < -0.39 is 10.0 Å². The van der Waals surface area contributed by atoms with Gasteiger partial charge in [-0.3, -0.25) is 0 Å². The Morgan fingerprint density at radius 3 is 2.57 bits per heavy atom. The fraction of sp³-hybridized carbons (Fsp3) is 0.562. The number of benzene rings is 1. The topological polar surface area (TPSA) is 79.0 Å². The minimum Gasteiger partial charge on any atom is -0.370 e. The van der Waals surface area contributed by atoms with E-state index in [-0.39, 0.29) is 4.90 Å². The number of likely N-dealkylation sites (tertiary alicyclic amines) is 1. The van der Waals surface area contributed by atoms with E-state index in [1.54, 1.807) is 24.3 Å². The molecule has 1 heterocycles. The number of rotatable bonds is 4. The van der Waals surface area contributed by atoms with Gasteiger partial charge in [0.1, 0.15) is 0 Å². The Balaban J connectivity index is 2.02. The van der Waals surface area contributed by atoms with Gasteiger partial charge in [-0.2, -0.15) is 0 Å². The largest absolute Gasteiger partial charge is 0.370 e. The summed E-state index contributed by atoms with van der Waals surface area (Å²) >= 11 is 0. The molecule has 1 aliphatic rings.